The van der Waals surface area contributed by atoms with Gasteiger partial charge in [-0.1, -0.05) is 23.7 Å². The molecule has 0 amide bonds. The zero-order chi connectivity index (χ0) is 10.7. The van der Waals surface area contributed by atoms with Crippen LogP contribution in [0.5, 0.6) is 0 Å². The molecule has 1 aromatic carbocycles. The molecule has 1 aliphatic heterocycles. The largest absolute Gasteiger partial charge is 0.367 e. The summed E-state index contributed by atoms with van der Waals surface area (Å²) in [6.45, 7) is 3.09. The molecule has 1 heterocycles. The first-order chi connectivity index (χ1) is 7.25. The number of nitrogens with zero attached hydrogens (tertiary/aromatic N) is 1. The highest BCUT2D eigenvalue weighted by molar-refractivity contribution is 6.30. The van der Waals surface area contributed by atoms with Crippen LogP contribution in [0.15, 0.2) is 29.3 Å². The Balaban J connectivity index is 2.04. The average molecular weight is 223 g/mol. The fourth-order valence-electron chi connectivity index (χ4n) is 1.77. The lowest BCUT2D eigenvalue weighted by Crippen LogP contribution is -2.24. The molecule has 0 saturated heterocycles. The fraction of sp³-hybridized carbons (Fsp3) is 0.417. The van der Waals surface area contributed by atoms with Gasteiger partial charge < -0.3 is 5.32 Å². The van der Waals surface area contributed by atoms with Crippen LogP contribution in [0.2, 0.25) is 5.02 Å². The third-order valence-electron chi connectivity index (χ3n) is 2.61. The maximum Gasteiger partial charge on any atom is 0.0968 e. The van der Waals surface area contributed by atoms with E-state index in [4.69, 9.17) is 11.6 Å². The first-order valence-electron chi connectivity index (χ1n) is 5.31. The van der Waals surface area contributed by atoms with E-state index < -0.39 is 0 Å². The molecule has 2 rings (SSSR count). The molecule has 15 heavy (non-hydrogen) atoms. The van der Waals surface area contributed by atoms with Crippen molar-refractivity contribution in [2.24, 2.45) is 4.99 Å². The first kappa shape index (κ1) is 10.5. The van der Waals surface area contributed by atoms with Gasteiger partial charge in [0.1, 0.15) is 0 Å². The van der Waals surface area contributed by atoms with Crippen molar-refractivity contribution >= 4 is 17.4 Å². The molecule has 0 spiro atoms. The SMILES string of the molecule is CC(NC1=NCCC1)c1cccc(Cl)c1. The molecule has 0 bridgehead atoms. The van der Waals surface area contributed by atoms with Crippen molar-refractivity contribution in [3.63, 3.8) is 0 Å². The van der Waals surface area contributed by atoms with Crippen molar-refractivity contribution in [3.8, 4) is 0 Å². The summed E-state index contributed by atoms with van der Waals surface area (Å²) in [5.74, 6) is 1.13. The third kappa shape index (κ3) is 2.72. The van der Waals surface area contributed by atoms with Crippen molar-refractivity contribution in [2.45, 2.75) is 25.8 Å². The molecular weight excluding hydrogens is 208 g/mol. The van der Waals surface area contributed by atoms with E-state index in [1.807, 2.05) is 18.2 Å². The lowest BCUT2D eigenvalue weighted by molar-refractivity contribution is 0.709. The highest BCUT2D eigenvalue weighted by atomic mass is 35.5. The van der Waals surface area contributed by atoms with Gasteiger partial charge in [0.15, 0.2) is 0 Å². The average Bonchev–Trinajstić information content (AvgIpc) is 2.70. The van der Waals surface area contributed by atoms with Gasteiger partial charge in [-0.15, -0.1) is 0 Å². The standard InChI is InChI=1S/C12H15ClN2/c1-9(15-12-6-3-7-14-12)10-4-2-5-11(13)8-10/h2,4-5,8-9H,3,6-7H2,1H3,(H,14,15). The lowest BCUT2D eigenvalue weighted by Gasteiger charge is -2.15. The van der Waals surface area contributed by atoms with Gasteiger partial charge in [-0.05, 0) is 31.0 Å². The van der Waals surface area contributed by atoms with Crippen molar-refractivity contribution in [3.05, 3.63) is 34.9 Å². The Morgan fingerprint density at radius 1 is 1.47 bits per heavy atom. The van der Waals surface area contributed by atoms with Crippen LogP contribution in [0.3, 0.4) is 0 Å². The summed E-state index contributed by atoms with van der Waals surface area (Å²) in [5, 5.41) is 4.20. The molecular formula is C12H15ClN2. The first-order valence-corrected chi connectivity index (χ1v) is 5.69. The maximum atomic E-state index is 5.95. The Bertz CT molecular complexity index is 374. The van der Waals surface area contributed by atoms with Crippen LogP contribution in [-0.2, 0) is 0 Å². The fourth-order valence-corrected chi connectivity index (χ4v) is 1.97. The summed E-state index contributed by atoms with van der Waals surface area (Å²) >= 11 is 5.95. The normalized spacial score (nSPS) is 17.3. The van der Waals surface area contributed by atoms with Crippen LogP contribution in [-0.4, -0.2) is 12.4 Å². The Kier molecular flexibility index (Phi) is 3.27. The predicted molar refractivity (Wildman–Crippen MR) is 64.5 cm³/mol. The summed E-state index contributed by atoms with van der Waals surface area (Å²) in [6, 6.07) is 8.23. The van der Waals surface area contributed by atoms with E-state index in [9.17, 15) is 0 Å². The van der Waals surface area contributed by atoms with Gasteiger partial charge in [-0.3, -0.25) is 4.99 Å². The number of nitrogens with one attached hydrogen (secondary N) is 1. The quantitative estimate of drug-likeness (QED) is 0.817. The smallest absolute Gasteiger partial charge is 0.0968 e. The number of benzene rings is 1. The monoisotopic (exact) mass is 222 g/mol. The minimum absolute atomic E-state index is 0.278. The summed E-state index contributed by atoms with van der Waals surface area (Å²) in [5.41, 5.74) is 1.21. The van der Waals surface area contributed by atoms with Gasteiger partial charge in [0.25, 0.3) is 0 Å². The van der Waals surface area contributed by atoms with E-state index >= 15 is 0 Å². The Morgan fingerprint density at radius 2 is 2.33 bits per heavy atom. The van der Waals surface area contributed by atoms with Crippen LogP contribution in [0.25, 0.3) is 0 Å². The predicted octanol–water partition coefficient (Wildman–Crippen LogP) is 3.18. The van der Waals surface area contributed by atoms with Crippen LogP contribution in [0.4, 0.5) is 0 Å². The van der Waals surface area contributed by atoms with E-state index in [0.717, 1.165) is 23.8 Å². The molecule has 0 radical (unpaired) electrons. The van der Waals surface area contributed by atoms with Crippen molar-refractivity contribution in [1.82, 2.24) is 5.32 Å². The van der Waals surface area contributed by atoms with Crippen LogP contribution in [0.1, 0.15) is 31.4 Å². The second-order valence-corrected chi connectivity index (χ2v) is 4.29. The van der Waals surface area contributed by atoms with Gasteiger partial charge in [0.2, 0.25) is 0 Å². The number of hydrogen-bond acceptors (Lipinski definition) is 2. The highest BCUT2D eigenvalue weighted by Gasteiger charge is 2.10. The molecule has 1 N–H and O–H groups in total. The number of hydrogen-bond donors (Lipinski definition) is 1. The molecule has 3 heteroatoms. The zero-order valence-corrected chi connectivity index (χ0v) is 9.59. The van der Waals surface area contributed by atoms with Crippen LogP contribution >= 0.6 is 11.6 Å². The number of rotatable bonds is 2. The van der Waals surface area contributed by atoms with Gasteiger partial charge in [0.05, 0.1) is 5.84 Å². The topological polar surface area (TPSA) is 24.4 Å². The molecule has 0 fully saturated rings. The van der Waals surface area contributed by atoms with Crippen molar-refractivity contribution < 1.29 is 0 Å². The summed E-state index contributed by atoms with van der Waals surface area (Å²) in [6.07, 6.45) is 2.25. The summed E-state index contributed by atoms with van der Waals surface area (Å²) in [4.78, 5) is 4.40. The minimum atomic E-state index is 0.278. The van der Waals surface area contributed by atoms with Gasteiger partial charge in [0, 0.05) is 24.0 Å². The molecule has 1 aliphatic rings. The minimum Gasteiger partial charge on any atom is -0.367 e. The van der Waals surface area contributed by atoms with Gasteiger partial charge >= 0.3 is 0 Å². The maximum absolute atomic E-state index is 5.95. The second-order valence-electron chi connectivity index (χ2n) is 3.85. The van der Waals surface area contributed by atoms with Crippen molar-refractivity contribution in [2.75, 3.05) is 6.54 Å². The molecule has 80 valence electrons. The molecule has 1 atom stereocenters. The second kappa shape index (κ2) is 4.67. The number of aliphatic imine (C=N–C) groups is 1. The summed E-state index contributed by atoms with van der Waals surface area (Å²) in [7, 11) is 0. The van der Waals surface area contributed by atoms with E-state index in [1.54, 1.807) is 0 Å². The van der Waals surface area contributed by atoms with Gasteiger partial charge in [-0.2, -0.15) is 0 Å². The van der Waals surface area contributed by atoms with Crippen LogP contribution in [0, 0.1) is 0 Å². The number of amidine groups is 1. The molecule has 0 aliphatic carbocycles. The summed E-state index contributed by atoms with van der Waals surface area (Å²) < 4.78 is 0. The van der Waals surface area contributed by atoms with Crippen molar-refractivity contribution in [1.29, 1.82) is 0 Å². The third-order valence-corrected chi connectivity index (χ3v) is 2.84. The van der Waals surface area contributed by atoms with Gasteiger partial charge in [-0.25, -0.2) is 0 Å². The van der Waals surface area contributed by atoms with E-state index in [1.165, 1.54) is 12.0 Å². The Morgan fingerprint density at radius 3 is 3.00 bits per heavy atom. The molecule has 1 unspecified atom stereocenters. The Labute approximate surface area is 95.4 Å². The lowest BCUT2D eigenvalue weighted by atomic mass is 10.1. The number of halogens is 1. The van der Waals surface area contributed by atoms with Crippen LogP contribution < -0.4 is 5.32 Å². The Hall–Kier alpha value is -1.02. The highest BCUT2D eigenvalue weighted by Crippen LogP contribution is 2.18. The van der Waals surface area contributed by atoms with E-state index in [-0.39, 0.29) is 6.04 Å². The molecule has 0 saturated carbocycles. The zero-order valence-electron chi connectivity index (χ0n) is 8.83. The molecule has 1 aromatic rings. The van der Waals surface area contributed by atoms with E-state index in [2.05, 4.69) is 23.3 Å². The molecule has 2 nitrogen and oxygen atoms in total. The van der Waals surface area contributed by atoms with E-state index in [0.29, 0.717) is 0 Å². The molecule has 0 aromatic heterocycles.